The topological polar surface area (TPSA) is 93.5 Å². The molecule has 1 aliphatic heterocycles. The lowest BCUT2D eigenvalue weighted by Gasteiger charge is -2.27. The average molecular weight is 409 g/mol. The molecular formula is C18H18ClFN4O4. The number of rotatable bonds is 4. The quantitative estimate of drug-likeness (QED) is 0.837. The first-order valence-electron chi connectivity index (χ1n) is 8.64. The number of hydrogen-bond donors (Lipinski definition) is 1. The smallest absolute Gasteiger partial charge is 0.410 e. The molecule has 0 fully saturated rings. The lowest BCUT2D eigenvalue weighted by molar-refractivity contribution is -0.117. The predicted octanol–water partition coefficient (Wildman–Crippen LogP) is 2.19. The van der Waals surface area contributed by atoms with Gasteiger partial charge in [0.25, 0.3) is 5.56 Å². The Hall–Kier alpha value is -2.94. The molecule has 3 rings (SSSR count). The van der Waals surface area contributed by atoms with Crippen molar-refractivity contribution in [3.63, 3.8) is 0 Å². The number of carbonyl (C=O) groups excluding carboxylic acids is 2. The van der Waals surface area contributed by atoms with E-state index in [1.807, 2.05) is 0 Å². The summed E-state index contributed by atoms with van der Waals surface area (Å²) in [7, 11) is 0. The Balaban J connectivity index is 1.72. The molecule has 0 unspecified atom stereocenters. The van der Waals surface area contributed by atoms with Crippen molar-refractivity contribution < 1.29 is 18.7 Å². The molecule has 1 aromatic heterocycles. The van der Waals surface area contributed by atoms with Crippen molar-refractivity contribution in [3.8, 4) is 0 Å². The zero-order valence-electron chi connectivity index (χ0n) is 15.1. The molecule has 1 N–H and O–H groups in total. The fraction of sp³-hybridized carbons (Fsp3) is 0.333. The number of anilines is 1. The SMILES string of the molecule is CCOC(=O)N1CCc2nn(CC(=O)Nc3cc(F)ccc3Cl)c(=O)cc2C1. The molecule has 0 radical (unpaired) electrons. The van der Waals surface area contributed by atoms with Crippen molar-refractivity contribution in [1.29, 1.82) is 0 Å². The summed E-state index contributed by atoms with van der Waals surface area (Å²) in [5, 5.41) is 6.87. The highest BCUT2D eigenvalue weighted by atomic mass is 35.5. The normalized spacial score (nSPS) is 13.0. The fourth-order valence-electron chi connectivity index (χ4n) is 2.84. The number of halogens is 2. The Kier molecular flexibility index (Phi) is 5.93. The fourth-order valence-corrected chi connectivity index (χ4v) is 3.01. The molecule has 0 aliphatic carbocycles. The van der Waals surface area contributed by atoms with Crippen LogP contribution in [0.2, 0.25) is 5.02 Å². The first-order valence-corrected chi connectivity index (χ1v) is 9.01. The van der Waals surface area contributed by atoms with Gasteiger partial charge in [-0.15, -0.1) is 0 Å². The molecule has 28 heavy (non-hydrogen) atoms. The van der Waals surface area contributed by atoms with Crippen LogP contribution in [-0.4, -0.2) is 39.8 Å². The Morgan fingerprint density at radius 3 is 2.89 bits per heavy atom. The first kappa shape index (κ1) is 19.8. The summed E-state index contributed by atoms with van der Waals surface area (Å²) in [5.74, 6) is -1.11. The van der Waals surface area contributed by atoms with Gasteiger partial charge in [0.15, 0.2) is 0 Å². The van der Waals surface area contributed by atoms with Crippen molar-refractivity contribution in [2.24, 2.45) is 0 Å². The minimum atomic E-state index is -0.564. The van der Waals surface area contributed by atoms with Gasteiger partial charge >= 0.3 is 6.09 Å². The van der Waals surface area contributed by atoms with Crippen molar-refractivity contribution in [2.75, 3.05) is 18.5 Å². The molecule has 0 atom stereocenters. The van der Waals surface area contributed by atoms with Gasteiger partial charge in [-0.3, -0.25) is 9.59 Å². The molecule has 2 heterocycles. The maximum absolute atomic E-state index is 13.3. The minimum Gasteiger partial charge on any atom is -0.450 e. The van der Waals surface area contributed by atoms with Crippen LogP contribution in [0.1, 0.15) is 18.2 Å². The van der Waals surface area contributed by atoms with Gasteiger partial charge in [0, 0.05) is 24.6 Å². The van der Waals surface area contributed by atoms with E-state index in [9.17, 15) is 18.8 Å². The molecule has 2 aromatic rings. The number of ether oxygens (including phenoxy) is 1. The van der Waals surface area contributed by atoms with Gasteiger partial charge in [0.1, 0.15) is 12.4 Å². The highest BCUT2D eigenvalue weighted by Crippen LogP contribution is 2.22. The Morgan fingerprint density at radius 2 is 2.14 bits per heavy atom. The molecule has 10 heteroatoms. The van der Waals surface area contributed by atoms with Gasteiger partial charge in [0.05, 0.1) is 29.6 Å². The van der Waals surface area contributed by atoms with Crippen molar-refractivity contribution >= 4 is 29.3 Å². The predicted molar refractivity (Wildman–Crippen MR) is 99.7 cm³/mol. The molecule has 2 amide bonds. The van der Waals surface area contributed by atoms with E-state index in [0.29, 0.717) is 24.2 Å². The summed E-state index contributed by atoms with van der Waals surface area (Å²) < 4.78 is 19.3. The molecule has 0 spiro atoms. The van der Waals surface area contributed by atoms with Crippen LogP contribution in [0.15, 0.2) is 29.1 Å². The summed E-state index contributed by atoms with van der Waals surface area (Å²) in [6.07, 6.45) is -0.00476. The summed E-state index contributed by atoms with van der Waals surface area (Å²) in [5.41, 5.74) is 0.888. The molecule has 148 valence electrons. The number of nitrogens with zero attached hydrogens (tertiary/aromatic N) is 3. The number of aromatic nitrogens is 2. The molecule has 0 bridgehead atoms. The van der Waals surface area contributed by atoms with Crippen LogP contribution in [0.4, 0.5) is 14.9 Å². The summed E-state index contributed by atoms with van der Waals surface area (Å²) in [4.78, 5) is 37.9. The lowest BCUT2D eigenvalue weighted by Crippen LogP contribution is -2.39. The van der Waals surface area contributed by atoms with E-state index in [0.717, 1.165) is 10.7 Å². The summed E-state index contributed by atoms with van der Waals surface area (Å²) >= 11 is 5.92. The van der Waals surface area contributed by atoms with E-state index in [4.69, 9.17) is 16.3 Å². The second-order valence-electron chi connectivity index (χ2n) is 6.15. The van der Waals surface area contributed by atoms with E-state index < -0.39 is 23.4 Å². The molecule has 1 aromatic carbocycles. The number of carbonyl (C=O) groups is 2. The third-order valence-corrected chi connectivity index (χ3v) is 4.50. The zero-order chi connectivity index (χ0) is 20.3. The van der Waals surface area contributed by atoms with Crippen LogP contribution >= 0.6 is 11.6 Å². The third kappa shape index (κ3) is 4.48. The lowest BCUT2D eigenvalue weighted by atomic mass is 10.1. The van der Waals surface area contributed by atoms with Crippen molar-refractivity contribution in [2.45, 2.75) is 26.4 Å². The molecule has 0 saturated carbocycles. The van der Waals surface area contributed by atoms with Gasteiger partial charge < -0.3 is 15.0 Å². The van der Waals surface area contributed by atoms with Crippen LogP contribution in [0.3, 0.4) is 0 Å². The number of hydrogen-bond acceptors (Lipinski definition) is 5. The monoisotopic (exact) mass is 408 g/mol. The third-order valence-electron chi connectivity index (χ3n) is 4.17. The van der Waals surface area contributed by atoms with Crippen LogP contribution in [0, 0.1) is 5.82 Å². The molecular weight excluding hydrogens is 391 g/mol. The molecule has 0 saturated heterocycles. The van der Waals surface area contributed by atoms with Crippen LogP contribution < -0.4 is 10.9 Å². The number of nitrogens with one attached hydrogen (secondary N) is 1. The molecule has 8 nitrogen and oxygen atoms in total. The highest BCUT2D eigenvalue weighted by molar-refractivity contribution is 6.33. The average Bonchev–Trinajstić information content (AvgIpc) is 2.65. The summed E-state index contributed by atoms with van der Waals surface area (Å²) in [6, 6.07) is 4.95. The number of benzene rings is 1. The van der Waals surface area contributed by atoms with Crippen molar-refractivity contribution in [3.05, 3.63) is 56.7 Å². The Bertz CT molecular complexity index is 979. The largest absolute Gasteiger partial charge is 0.450 e. The van der Waals surface area contributed by atoms with E-state index in [-0.39, 0.29) is 30.4 Å². The second kappa shape index (κ2) is 8.39. The maximum Gasteiger partial charge on any atom is 0.410 e. The standard InChI is InChI=1S/C18H18ClFN4O4/c1-2-28-18(27)23-6-5-14-11(9-23)7-17(26)24(22-14)10-16(25)21-15-8-12(20)3-4-13(15)19/h3-4,7-8H,2,5-6,9-10H2,1H3,(H,21,25). The second-order valence-corrected chi connectivity index (χ2v) is 6.56. The zero-order valence-corrected chi connectivity index (χ0v) is 15.8. The van der Waals surface area contributed by atoms with E-state index in [1.165, 1.54) is 23.1 Å². The summed E-state index contributed by atoms with van der Waals surface area (Å²) in [6.45, 7) is 2.27. The van der Waals surface area contributed by atoms with Gasteiger partial charge in [-0.25, -0.2) is 13.9 Å². The first-order chi connectivity index (χ1) is 13.4. The Morgan fingerprint density at radius 1 is 1.36 bits per heavy atom. The van der Waals surface area contributed by atoms with Gasteiger partial charge in [-0.05, 0) is 25.1 Å². The number of amides is 2. The Labute approximate surface area is 164 Å². The van der Waals surface area contributed by atoms with Crippen LogP contribution in [-0.2, 0) is 29.0 Å². The van der Waals surface area contributed by atoms with Gasteiger partial charge in [-0.2, -0.15) is 5.10 Å². The molecule has 1 aliphatic rings. The van der Waals surface area contributed by atoms with E-state index in [1.54, 1.807) is 6.92 Å². The van der Waals surface area contributed by atoms with E-state index in [2.05, 4.69) is 10.4 Å². The minimum absolute atomic E-state index is 0.114. The van der Waals surface area contributed by atoms with Gasteiger partial charge in [0.2, 0.25) is 5.91 Å². The number of fused-ring (bicyclic) bond motifs is 1. The van der Waals surface area contributed by atoms with Gasteiger partial charge in [-0.1, -0.05) is 11.6 Å². The van der Waals surface area contributed by atoms with Crippen LogP contribution in [0.25, 0.3) is 0 Å². The van der Waals surface area contributed by atoms with E-state index >= 15 is 0 Å². The maximum atomic E-state index is 13.3. The highest BCUT2D eigenvalue weighted by Gasteiger charge is 2.24. The van der Waals surface area contributed by atoms with Crippen molar-refractivity contribution in [1.82, 2.24) is 14.7 Å². The van der Waals surface area contributed by atoms with Crippen LogP contribution in [0.5, 0.6) is 0 Å².